The number of pyridine rings is 1. The summed E-state index contributed by atoms with van der Waals surface area (Å²) in [4.78, 5) is 43.4. The van der Waals surface area contributed by atoms with Crippen LogP contribution in [0.1, 0.15) is 58.0 Å². The number of carbonyl (C=O) groups is 2. The van der Waals surface area contributed by atoms with Crippen molar-refractivity contribution in [1.82, 2.24) is 19.7 Å². The highest BCUT2D eigenvalue weighted by Crippen LogP contribution is 2.29. The fraction of sp³-hybridized carbons (Fsp3) is 0.444. The smallest absolute Gasteiger partial charge is 0.259 e. The van der Waals surface area contributed by atoms with Gasteiger partial charge >= 0.3 is 0 Å². The zero-order valence-electron chi connectivity index (χ0n) is 20.4. The van der Waals surface area contributed by atoms with E-state index in [1.165, 1.54) is 0 Å². The van der Waals surface area contributed by atoms with E-state index in [2.05, 4.69) is 16.8 Å². The lowest BCUT2D eigenvalue weighted by atomic mass is 10.1. The Kier molecular flexibility index (Phi) is 8.02. The molecular weight excluding hydrogens is 444 g/mol. The van der Waals surface area contributed by atoms with Crippen molar-refractivity contribution >= 4 is 11.8 Å². The zero-order chi connectivity index (χ0) is 24.8. The van der Waals surface area contributed by atoms with Crippen LogP contribution in [0.25, 0.3) is 0 Å². The molecule has 2 aliphatic rings. The molecule has 186 valence electrons. The van der Waals surface area contributed by atoms with Crippen molar-refractivity contribution in [2.45, 2.75) is 38.3 Å². The molecule has 2 heterocycles. The van der Waals surface area contributed by atoms with E-state index in [4.69, 9.17) is 4.74 Å². The van der Waals surface area contributed by atoms with Gasteiger partial charge in [-0.05, 0) is 18.9 Å². The molecule has 0 spiro atoms. The van der Waals surface area contributed by atoms with Gasteiger partial charge in [-0.3, -0.25) is 19.3 Å². The number of para-hydroxylation sites is 1. The van der Waals surface area contributed by atoms with Crippen molar-refractivity contribution < 1.29 is 14.3 Å². The van der Waals surface area contributed by atoms with Crippen LogP contribution >= 0.6 is 0 Å². The molecule has 8 nitrogen and oxygen atoms in total. The van der Waals surface area contributed by atoms with Crippen LogP contribution in [-0.2, 0) is 6.54 Å². The number of amides is 2. The summed E-state index contributed by atoms with van der Waals surface area (Å²) in [7, 11) is 1.67. The fourth-order valence-corrected chi connectivity index (χ4v) is 4.94. The van der Waals surface area contributed by atoms with Gasteiger partial charge in [0.2, 0.25) is 5.43 Å². The molecule has 0 radical (unpaired) electrons. The number of ether oxygens (including phenoxy) is 1. The van der Waals surface area contributed by atoms with Gasteiger partial charge in [-0.2, -0.15) is 0 Å². The van der Waals surface area contributed by atoms with Gasteiger partial charge < -0.3 is 19.5 Å². The van der Waals surface area contributed by atoms with Gasteiger partial charge in [0.1, 0.15) is 16.9 Å². The van der Waals surface area contributed by atoms with Crippen LogP contribution in [-0.4, -0.2) is 66.0 Å². The molecule has 1 aromatic heterocycles. The minimum atomic E-state index is -0.512. The van der Waals surface area contributed by atoms with Crippen molar-refractivity contribution in [2.75, 3.05) is 39.8 Å². The van der Waals surface area contributed by atoms with Crippen molar-refractivity contribution in [1.29, 1.82) is 0 Å². The van der Waals surface area contributed by atoms with Gasteiger partial charge in [0, 0.05) is 63.3 Å². The first kappa shape index (κ1) is 24.7. The van der Waals surface area contributed by atoms with E-state index in [0.29, 0.717) is 26.2 Å². The summed E-state index contributed by atoms with van der Waals surface area (Å²) in [5.74, 6) is 0.0694. The van der Waals surface area contributed by atoms with Crippen molar-refractivity contribution in [2.24, 2.45) is 0 Å². The number of carbonyl (C=O) groups excluding carboxylic acids is 2. The SMILES string of the molecule is C=CCNC(=O)c1cn(C2CCCC2)cc(C(=O)N2CCN(Cc3ccccc3OC)CC2)c1=O. The minimum Gasteiger partial charge on any atom is -0.496 e. The summed E-state index contributed by atoms with van der Waals surface area (Å²) in [6.45, 7) is 7.03. The summed E-state index contributed by atoms with van der Waals surface area (Å²) >= 11 is 0. The largest absolute Gasteiger partial charge is 0.496 e. The molecule has 4 rings (SSSR count). The van der Waals surface area contributed by atoms with E-state index in [1.807, 2.05) is 28.8 Å². The summed E-state index contributed by atoms with van der Waals surface area (Å²) in [5.41, 5.74) is 0.676. The van der Waals surface area contributed by atoms with Crippen molar-refractivity contribution in [3.63, 3.8) is 0 Å². The maximum absolute atomic E-state index is 13.5. The Hall–Kier alpha value is -3.39. The molecule has 2 aromatic rings. The molecule has 1 aromatic carbocycles. The second-order valence-electron chi connectivity index (χ2n) is 9.18. The molecule has 1 saturated carbocycles. The van der Waals surface area contributed by atoms with Crippen LogP contribution in [0.3, 0.4) is 0 Å². The van der Waals surface area contributed by atoms with Gasteiger partial charge in [0.05, 0.1) is 7.11 Å². The lowest BCUT2D eigenvalue weighted by molar-refractivity contribution is 0.0625. The maximum atomic E-state index is 13.5. The highest BCUT2D eigenvalue weighted by atomic mass is 16.5. The average Bonchev–Trinajstić information content (AvgIpc) is 3.43. The first-order chi connectivity index (χ1) is 17.0. The number of aromatic nitrogens is 1. The number of hydrogen-bond donors (Lipinski definition) is 1. The molecule has 1 saturated heterocycles. The van der Waals surface area contributed by atoms with E-state index in [9.17, 15) is 14.4 Å². The number of benzene rings is 1. The Morgan fingerprint density at radius 1 is 1.09 bits per heavy atom. The molecule has 8 heteroatoms. The van der Waals surface area contributed by atoms with Crippen LogP contribution in [0, 0.1) is 0 Å². The number of hydrogen-bond acceptors (Lipinski definition) is 5. The first-order valence-electron chi connectivity index (χ1n) is 12.3. The first-order valence-corrected chi connectivity index (χ1v) is 12.3. The Labute approximate surface area is 206 Å². The lowest BCUT2D eigenvalue weighted by Crippen LogP contribution is -2.49. The van der Waals surface area contributed by atoms with Gasteiger partial charge in [0.15, 0.2) is 0 Å². The summed E-state index contributed by atoms with van der Waals surface area (Å²) in [5, 5.41) is 2.68. The second-order valence-corrected chi connectivity index (χ2v) is 9.18. The highest BCUT2D eigenvalue weighted by Gasteiger charge is 2.28. The van der Waals surface area contributed by atoms with E-state index >= 15 is 0 Å². The van der Waals surface area contributed by atoms with Gasteiger partial charge in [0.25, 0.3) is 11.8 Å². The van der Waals surface area contributed by atoms with E-state index < -0.39 is 11.3 Å². The minimum absolute atomic E-state index is 0.0133. The molecule has 1 aliphatic heterocycles. The number of methoxy groups -OCH3 is 1. The predicted molar refractivity (Wildman–Crippen MR) is 135 cm³/mol. The topological polar surface area (TPSA) is 83.9 Å². The van der Waals surface area contributed by atoms with E-state index in [1.54, 1.807) is 30.5 Å². The van der Waals surface area contributed by atoms with Crippen LogP contribution in [0.4, 0.5) is 0 Å². The van der Waals surface area contributed by atoms with Gasteiger partial charge in [-0.1, -0.05) is 37.1 Å². The predicted octanol–water partition coefficient (Wildman–Crippen LogP) is 2.85. The standard InChI is InChI=1S/C27H34N4O4/c1-3-12-28-26(33)22-18-31(21-9-5-6-10-21)19-23(25(22)32)27(34)30-15-13-29(14-16-30)17-20-8-4-7-11-24(20)35-2/h3-4,7-8,11,18-19,21H,1,5-6,9-10,12-17H2,2H3,(H,28,33). The molecule has 35 heavy (non-hydrogen) atoms. The molecule has 1 N–H and O–H groups in total. The van der Waals surface area contributed by atoms with E-state index in [-0.39, 0.29) is 29.6 Å². The second kappa shape index (κ2) is 11.4. The van der Waals surface area contributed by atoms with Crippen LogP contribution in [0.15, 0.2) is 54.1 Å². The molecule has 1 aliphatic carbocycles. The zero-order valence-corrected chi connectivity index (χ0v) is 20.4. The Bertz CT molecular complexity index is 1130. The molecule has 0 bridgehead atoms. The van der Waals surface area contributed by atoms with Crippen molar-refractivity contribution in [3.8, 4) is 5.75 Å². The summed E-state index contributed by atoms with van der Waals surface area (Å²) in [6.07, 6.45) is 8.99. The molecule has 0 atom stereocenters. The van der Waals surface area contributed by atoms with Crippen LogP contribution < -0.4 is 15.5 Å². The molecule has 2 fully saturated rings. The molecule has 0 unspecified atom stereocenters. The average molecular weight is 479 g/mol. The Morgan fingerprint density at radius 3 is 2.46 bits per heavy atom. The van der Waals surface area contributed by atoms with E-state index in [0.717, 1.165) is 43.5 Å². The van der Waals surface area contributed by atoms with Crippen LogP contribution in [0.2, 0.25) is 0 Å². The van der Waals surface area contributed by atoms with Crippen LogP contribution in [0.5, 0.6) is 5.75 Å². The summed E-state index contributed by atoms with van der Waals surface area (Å²) in [6, 6.07) is 8.13. The quantitative estimate of drug-likeness (QED) is 0.590. The van der Waals surface area contributed by atoms with Crippen molar-refractivity contribution in [3.05, 3.63) is 76.2 Å². The number of piperazine rings is 1. The Balaban J connectivity index is 1.51. The maximum Gasteiger partial charge on any atom is 0.259 e. The lowest BCUT2D eigenvalue weighted by Gasteiger charge is -2.35. The molecular formula is C27H34N4O4. The number of rotatable bonds is 8. The normalized spacial score (nSPS) is 16.8. The highest BCUT2D eigenvalue weighted by molar-refractivity contribution is 5.99. The fourth-order valence-electron chi connectivity index (χ4n) is 4.94. The number of nitrogens with zero attached hydrogens (tertiary/aromatic N) is 3. The number of nitrogens with one attached hydrogen (secondary N) is 1. The van der Waals surface area contributed by atoms with Gasteiger partial charge in [-0.25, -0.2) is 0 Å². The van der Waals surface area contributed by atoms with Gasteiger partial charge in [-0.15, -0.1) is 6.58 Å². The molecule has 2 amide bonds. The third kappa shape index (κ3) is 5.65. The third-order valence-corrected chi connectivity index (χ3v) is 6.92. The Morgan fingerprint density at radius 2 is 1.77 bits per heavy atom. The third-order valence-electron chi connectivity index (χ3n) is 6.92. The summed E-state index contributed by atoms with van der Waals surface area (Å²) < 4.78 is 7.36. The monoisotopic (exact) mass is 478 g/mol.